The molecule has 0 bridgehead atoms. The number of benzene rings is 1. The standard InChI is InChI=1S/C19H27N5O2.HI/c1-4-20-19(21-8-11-24-9-5-7-22-24)23-10-6-15-12-17(25-2)18(26-3)13-16(15)14-23;/h5,7,9,12-13H,4,6,8,10-11,14H2,1-3H3,(H,20,21);1H. The summed E-state index contributed by atoms with van der Waals surface area (Å²) in [4.78, 5) is 7.07. The van der Waals surface area contributed by atoms with Crippen LogP contribution in [0.15, 0.2) is 35.6 Å². The predicted molar refractivity (Wildman–Crippen MR) is 117 cm³/mol. The van der Waals surface area contributed by atoms with Crippen molar-refractivity contribution < 1.29 is 9.47 Å². The third-order valence-corrected chi connectivity index (χ3v) is 4.50. The van der Waals surface area contributed by atoms with Crippen molar-refractivity contribution in [2.75, 3.05) is 33.9 Å². The first-order chi connectivity index (χ1) is 12.7. The zero-order valence-corrected chi connectivity index (χ0v) is 18.5. The van der Waals surface area contributed by atoms with Gasteiger partial charge in [-0.2, -0.15) is 5.10 Å². The maximum absolute atomic E-state index is 5.45. The first-order valence-electron chi connectivity index (χ1n) is 8.99. The van der Waals surface area contributed by atoms with Crippen molar-refractivity contribution in [1.29, 1.82) is 0 Å². The molecule has 1 N–H and O–H groups in total. The maximum Gasteiger partial charge on any atom is 0.194 e. The molecule has 1 aliphatic rings. The lowest BCUT2D eigenvalue weighted by molar-refractivity contribution is 0.346. The third kappa shape index (κ3) is 5.27. The number of methoxy groups -OCH3 is 2. The Hall–Kier alpha value is -1.97. The maximum atomic E-state index is 5.45. The van der Waals surface area contributed by atoms with Gasteiger partial charge in [-0.15, -0.1) is 24.0 Å². The normalized spacial score (nSPS) is 13.6. The number of halogens is 1. The lowest BCUT2D eigenvalue weighted by atomic mass is 9.99. The van der Waals surface area contributed by atoms with Gasteiger partial charge < -0.3 is 19.7 Å². The largest absolute Gasteiger partial charge is 0.493 e. The number of guanidine groups is 1. The van der Waals surface area contributed by atoms with E-state index in [-0.39, 0.29) is 24.0 Å². The summed E-state index contributed by atoms with van der Waals surface area (Å²) in [6, 6.07) is 6.10. The Kier molecular flexibility index (Phi) is 8.21. The molecule has 1 aromatic carbocycles. The molecule has 27 heavy (non-hydrogen) atoms. The zero-order chi connectivity index (χ0) is 18.4. The number of hydrogen-bond acceptors (Lipinski definition) is 4. The van der Waals surface area contributed by atoms with E-state index < -0.39 is 0 Å². The van der Waals surface area contributed by atoms with E-state index in [0.717, 1.165) is 50.1 Å². The summed E-state index contributed by atoms with van der Waals surface area (Å²) in [5, 5.41) is 7.63. The number of nitrogens with zero attached hydrogens (tertiary/aromatic N) is 4. The SMILES string of the molecule is CCNC(=NCCn1cccn1)N1CCc2cc(OC)c(OC)cc2C1.I. The van der Waals surface area contributed by atoms with Crippen molar-refractivity contribution in [3.63, 3.8) is 0 Å². The van der Waals surface area contributed by atoms with Crippen molar-refractivity contribution in [2.45, 2.75) is 26.4 Å². The molecule has 0 aliphatic carbocycles. The molecule has 0 fully saturated rings. The molecule has 2 heterocycles. The number of nitrogens with one attached hydrogen (secondary N) is 1. The van der Waals surface area contributed by atoms with Gasteiger partial charge in [0.25, 0.3) is 0 Å². The Labute approximate surface area is 177 Å². The quantitative estimate of drug-likeness (QED) is 0.387. The fraction of sp³-hybridized carbons (Fsp3) is 0.474. The van der Waals surface area contributed by atoms with Crippen LogP contribution in [0, 0.1) is 0 Å². The molecule has 1 aromatic heterocycles. The molecule has 0 saturated carbocycles. The molecule has 3 rings (SSSR count). The number of hydrogen-bond donors (Lipinski definition) is 1. The van der Waals surface area contributed by atoms with Crippen molar-refractivity contribution in [3.05, 3.63) is 41.7 Å². The number of aliphatic imine (C=N–C) groups is 1. The van der Waals surface area contributed by atoms with Gasteiger partial charge in [-0.25, -0.2) is 0 Å². The predicted octanol–water partition coefficient (Wildman–Crippen LogP) is 2.54. The van der Waals surface area contributed by atoms with Gasteiger partial charge in [-0.1, -0.05) is 0 Å². The van der Waals surface area contributed by atoms with Gasteiger partial charge in [0.15, 0.2) is 17.5 Å². The third-order valence-electron chi connectivity index (χ3n) is 4.50. The van der Waals surface area contributed by atoms with Gasteiger partial charge in [-0.3, -0.25) is 9.67 Å². The van der Waals surface area contributed by atoms with Gasteiger partial charge in [0.05, 0.1) is 27.3 Å². The van der Waals surface area contributed by atoms with E-state index in [1.807, 2.05) is 16.9 Å². The Morgan fingerprint density at radius 3 is 2.59 bits per heavy atom. The molecule has 148 valence electrons. The minimum Gasteiger partial charge on any atom is -0.493 e. The van der Waals surface area contributed by atoms with Gasteiger partial charge in [-0.05, 0) is 42.7 Å². The van der Waals surface area contributed by atoms with Crippen molar-refractivity contribution in [2.24, 2.45) is 4.99 Å². The van der Waals surface area contributed by atoms with E-state index in [9.17, 15) is 0 Å². The fourth-order valence-electron chi connectivity index (χ4n) is 3.18. The average Bonchev–Trinajstić information content (AvgIpc) is 3.19. The smallest absolute Gasteiger partial charge is 0.194 e. The molecule has 8 heteroatoms. The fourth-order valence-corrected chi connectivity index (χ4v) is 3.18. The summed E-state index contributed by atoms with van der Waals surface area (Å²) in [5.41, 5.74) is 2.57. The van der Waals surface area contributed by atoms with Gasteiger partial charge in [0.2, 0.25) is 0 Å². The van der Waals surface area contributed by atoms with Gasteiger partial charge in [0, 0.05) is 32.0 Å². The highest BCUT2D eigenvalue weighted by Crippen LogP contribution is 2.33. The van der Waals surface area contributed by atoms with Gasteiger partial charge >= 0.3 is 0 Å². The van der Waals surface area contributed by atoms with Crippen LogP contribution in [-0.2, 0) is 19.5 Å². The summed E-state index contributed by atoms with van der Waals surface area (Å²) in [5.74, 6) is 2.51. The second-order valence-corrected chi connectivity index (χ2v) is 6.15. The van der Waals surface area contributed by atoms with Crippen LogP contribution in [0.4, 0.5) is 0 Å². The Morgan fingerprint density at radius 1 is 1.22 bits per heavy atom. The molecule has 0 atom stereocenters. The van der Waals surface area contributed by atoms with Crippen LogP contribution in [0.2, 0.25) is 0 Å². The highest BCUT2D eigenvalue weighted by molar-refractivity contribution is 14.0. The lowest BCUT2D eigenvalue weighted by Gasteiger charge is -2.32. The van der Waals surface area contributed by atoms with Crippen LogP contribution in [0.1, 0.15) is 18.1 Å². The van der Waals surface area contributed by atoms with Crippen LogP contribution in [0.3, 0.4) is 0 Å². The second kappa shape index (κ2) is 10.4. The van der Waals surface area contributed by atoms with Crippen LogP contribution in [0.5, 0.6) is 11.5 Å². The van der Waals surface area contributed by atoms with Crippen LogP contribution in [0.25, 0.3) is 0 Å². The lowest BCUT2D eigenvalue weighted by Crippen LogP contribution is -2.44. The zero-order valence-electron chi connectivity index (χ0n) is 16.1. The minimum absolute atomic E-state index is 0. The summed E-state index contributed by atoms with van der Waals surface area (Å²) >= 11 is 0. The minimum atomic E-state index is 0. The molecule has 0 radical (unpaired) electrons. The van der Waals surface area contributed by atoms with E-state index in [1.165, 1.54) is 11.1 Å². The first-order valence-corrected chi connectivity index (χ1v) is 8.99. The summed E-state index contributed by atoms with van der Waals surface area (Å²) < 4.78 is 12.8. The van der Waals surface area contributed by atoms with Crippen LogP contribution < -0.4 is 14.8 Å². The summed E-state index contributed by atoms with van der Waals surface area (Å²) in [7, 11) is 3.35. The first kappa shape index (κ1) is 21.3. The number of aromatic nitrogens is 2. The summed E-state index contributed by atoms with van der Waals surface area (Å²) in [6.07, 6.45) is 4.71. The molecule has 2 aromatic rings. The van der Waals surface area contributed by atoms with E-state index in [2.05, 4.69) is 34.4 Å². The van der Waals surface area contributed by atoms with Crippen LogP contribution in [-0.4, -0.2) is 54.5 Å². The number of rotatable bonds is 6. The Balaban J connectivity index is 0.00000261. The molecule has 0 unspecified atom stereocenters. The molecule has 0 saturated heterocycles. The molecule has 0 spiro atoms. The van der Waals surface area contributed by atoms with E-state index >= 15 is 0 Å². The Bertz CT molecular complexity index is 749. The van der Waals surface area contributed by atoms with Gasteiger partial charge in [0.1, 0.15) is 0 Å². The molecule has 7 nitrogen and oxygen atoms in total. The van der Waals surface area contributed by atoms with Crippen molar-refractivity contribution >= 4 is 29.9 Å². The van der Waals surface area contributed by atoms with Crippen molar-refractivity contribution in [3.8, 4) is 11.5 Å². The Morgan fingerprint density at radius 2 is 1.96 bits per heavy atom. The van der Waals surface area contributed by atoms with Crippen LogP contribution >= 0.6 is 24.0 Å². The van der Waals surface area contributed by atoms with E-state index in [0.29, 0.717) is 6.54 Å². The highest BCUT2D eigenvalue weighted by atomic mass is 127. The van der Waals surface area contributed by atoms with E-state index in [1.54, 1.807) is 20.4 Å². The number of fused-ring (bicyclic) bond motifs is 1. The number of ether oxygens (including phenoxy) is 2. The molecular weight excluding hydrogens is 457 g/mol. The molecule has 0 amide bonds. The van der Waals surface area contributed by atoms with Crippen molar-refractivity contribution in [1.82, 2.24) is 20.0 Å². The second-order valence-electron chi connectivity index (χ2n) is 6.15. The van der Waals surface area contributed by atoms with E-state index in [4.69, 9.17) is 14.5 Å². The summed E-state index contributed by atoms with van der Waals surface area (Å²) in [6.45, 7) is 6.14. The topological polar surface area (TPSA) is 63.9 Å². The molecular formula is C19H28IN5O2. The highest BCUT2D eigenvalue weighted by Gasteiger charge is 2.21. The average molecular weight is 485 g/mol. The monoisotopic (exact) mass is 485 g/mol. The molecule has 1 aliphatic heterocycles.